The molecule has 1 heterocycles. The monoisotopic (exact) mass is 298 g/mol. The summed E-state index contributed by atoms with van der Waals surface area (Å²) in [5.41, 5.74) is 7.03. The Labute approximate surface area is 120 Å². The molecule has 0 aliphatic carbocycles. The summed E-state index contributed by atoms with van der Waals surface area (Å²) in [5, 5.41) is 5.18. The Hall–Kier alpha value is -1.31. The molecule has 4 N–H and O–H groups in total. The van der Waals surface area contributed by atoms with E-state index in [1.54, 1.807) is 12.1 Å². The Balaban J connectivity index is 2.20. The molecule has 0 radical (unpaired) electrons. The molecule has 1 aromatic rings. The van der Waals surface area contributed by atoms with Gasteiger partial charge in [0.25, 0.3) is 0 Å². The van der Waals surface area contributed by atoms with E-state index < -0.39 is 10.0 Å². The van der Waals surface area contributed by atoms with Crippen LogP contribution in [0.5, 0.6) is 0 Å². The number of benzene rings is 1. The van der Waals surface area contributed by atoms with Crippen LogP contribution in [0.2, 0.25) is 0 Å². The fraction of sp³-hybridized carbons (Fsp3) is 0.538. The largest absolute Gasteiger partial charge is 0.399 e. The van der Waals surface area contributed by atoms with Crippen molar-refractivity contribution in [3.8, 4) is 0 Å². The third-order valence-electron chi connectivity index (χ3n) is 3.80. The highest BCUT2D eigenvalue weighted by atomic mass is 32.2. The minimum absolute atomic E-state index is 0.0715. The normalized spacial score (nSPS) is 17.7. The number of hydrogen-bond acceptors (Lipinski definition) is 5. The number of sulfonamides is 1. The number of hydrogen-bond donors (Lipinski definition) is 2. The maximum Gasteiger partial charge on any atom is 0.238 e. The molecule has 0 aromatic heterocycles. The van der Waals surface area contributed by atoms with Gasteiger partial charge in [-0.15, -0.1) is 0 Å². The first-order chi connectivity index (χ1) is 9.27. The van der Waals surface area contributed by atoms with Gasteiger partial charge in [0, 0.05) is 30.5 Å². The zero-order valence-electron chi connectivity index (χ0n) is 11.9. The second-order valence-electron chi connectivity index (χ2n) is 5.49. The van der Waals surface area contributed by atoms with Gasteiger partial charge in [-0.2, -0.15) is 0 Å². The second kappa shape index (κ2) is 5.59. The fourth-order valence-electron chi connectivity index (χ4n) is 2.59. The molecular formula is C13H22N4O2S. The highest BCUT2D eigenvalue weighted by molar-refractivity contribution is 7.89. The number of anilines is 2. The van der Waals surface area contributed by atoms with Gasteiger partial charge in [-0.1, -0.05) is 0 Å². The lowest BCUT2D eigenvalue weighted by Gasteiger charge is -2.36. The van der Waals surface area contributed by atoms with E-state index in [9.17, 15) is 8.42 Å². The molecule has 1 aliphatic heterocycles. The highest BCUT2D eigenvalue weighted by Gasteiger charge is 2.22. The van der Waals surface area contributed by atoms with Crippen LogP contribution in [0.1, 0.15) is 12.8 Å². The van der Waals surface area contributed by atoms with Crippen LogP contribution in [0.25, 0.3) is 0 Å². The molecule has 20 heavy (non-hydrogen) atoms. The van der Waals surface area contributed by atoms with E-state index in [1.165, 1.54) is 6.07 Å². The van der Waals surface area contributed by atoms with Crippen molar-refractivity contribution in [1.82, 2.24) is 4.90 Å². The van der Waals surface area contributed by atoms with E-state index in [0.29, 0.717) is 11.7 Å². The van der Waals surface area contributed by atoms with Crippen molar-refractivity contribution in [1.29, 1.82) is 0 Å². The summed E-state index contributed by atoms with van der Waals surface area (Å²) in [4.78, 5) is 4.46. The van der Waals surface area contributed by atoms with Crippen LogP contribution in [0.15, 0.2) is 23.1 Å². The molecule has 1 fully saturated rings. The molecule has 1 saturated heterocycles. The third kappa shape index (κ3) is 3.41. The van der Waals surface area contributed by atoms with Crippen LogP contribution in [-0.2, 0) is 10.0 Å². The first-order valence-corrected chi connectivity index (χ1v) is 8.17. The van der Waals surface area contributed by atoms with E-state index >= 15 is 0 Å². The molecule has 2 rings (SSSR count). The van der Waals surface area contributed by atoms with E-state index in [-0.39, 0.29) is 4.90 Å². The van der Waals surface area contributed by atoms with Gasteiger partial charge in [0.2, 0.25) is 10.0 Å². The van der Waals surface area contributed by atoms with Crippen LogP contribution in [0.3, 0.4) is 0 Å². The van der Waals surface area contributed by atoms with Gasteiger partial charge in [-0.05, 0) is 45.1 Å². The van der Waals surface area contributed by atoms with Crippen LogP contribution in [-0.4, -0.2) is 46.5 Å². The first kappa shape index (κ1) is 15.1. The average Bonchev–Trinajstić information content (AvgIpc) is 2.37. The molecule has 1 aliphatic rings. The molecule has 7 heteroatoms. The molecule has 0 unspecified atom stereocenters. The molecule has 0 saturated carbocycles. The fourth-order valence-corrected chi connectivity index (χ4v) is 3.18. The Bertz CT molecular complexity index is 578. The van der Waals surface area contributed by atoms with Gasteiger partial charge in [0.15, 0.2) is 0 Å². The zero-order valence-corrected chi connectivity index (χ0v) is 12.7. The Morgan fingerprint density at radius 2 is 1.80 bits per heavy atom. The summed E-state index contributed by atoms with van der Waals surface area (Å²) in [6.45, 7) is 1.77. The number of piperidine rings is 1. The lowest BCUT2D eigenvalue weighted by molar-refractivity contribution is 0.249. The number of nitrogens with two attached hydrogens (primary N) is 2. The molecule has 0 amide bonds. The standard InChI is InChI=1S/C13H22N4O2S/c1-16(2)11-3-5-17(6-4-11)12-7-10(14)8-13(9-12)20(15,18)19/h7-9,11H,3-6,14H2,1-2H3,(H2,15,18,19). The molecule has 112 valence electrons. The van der Waals surface area contributed by atoms with E-state index in [2.05, 4.69) is 23.9 Å². The zero-order chi connectivity index (χ0) is 14.9. The summed E-state index contributed by atoms with van der Waals surface area (Å²) in [5.74, 6) is 0. The third-order valence-corrected chi connectivity index (χ3v) is 4.69. The summed E-state index contributed by atoms with van der Waals surface area (Å²) in [6.07, 6.45) is 2.10. The van der Waals surface area contributed by atoms with Gasteiger partial charge in [-0.25, -0.2) is 13.6 Å². The summed E-state index contributed by atoms with van der Waals surface area (Å²) >= 11 is 0. The number of primary sulfonamides is 1. The highest BCUT2D eigenvalue weighted by Crippen LogP contribution is 2.26. The van der Waals surface area contributed by atoms with Crippen LogP contribution >= 0.6 is 0 Å². The molecular weight excluding hydrogens is 276 g/mol. The van der Waals surface area contributed by atoms with Crippen molar-refractivity contribution in [3.63, 3.8) is 0 Å². The first-order valence-electron chi connectivity index (χ1n) is 6.62. The number of rotatable bonds is 3. The average molecular weight is 298 g/mol. The van der Waals surface area contributed by atoms with Crippen molar-refractivity contribution in [3.05, 3.63) is 18.2 Å². The van der Waals surface area contributed by atoms with Crippen molar-refractivity contribution in [2.45, 2.75) is 23.8 Å². The van der Waals surface area contributed by atoms with Crippen molar-refractivity contribution in [2.75, 3.05) is 37.8 Å². The SMILES string of the molecule is CN(C)C1CCN(c2cc(N)cc(S(N)(=O)=O)c2)CC1. The smallest absolute Gasteiger partial charge is 0.238 e. The molecule has 6 nitrogen and oxygen atoms in total. The lowest BCUT2D eigenvalue weighted by Crippen LogP contribution is -2.42. The summed E-state index contributed by atoms with van der Waals surface area (Å²) in [6, 6.07) is 5.36. The quantitative estimate of drug-likeness (QED) is 0.790. The Morgan fingerprint density at radius 1 is 1.20 bits per heavy atom. The maximum atomic E-state index is 11.5. The van der Waals surface area contributed by atoms with Gasteiger partial charge in [0.1, 0.15) is 0 Å². The molecule has 1 aromatic carbocycles. The predicted molar refractivity (Wildman–Crippen MR) is 81.1 cm³/mol. The summed E-state index contributed by atoms with van der Waals surface area (Å²) < 4.78 is 22.9. The van der Waals surface area contributed by atoms with E-state index in [0.717, 1.165) is 31.6 Å². The van der Waals surface area contributed by atoms with Gasteiger partial charge in [-0.3, -0.25) is 0 Å². The Morgan fingerprint density at radius 3 is 2.30 bits per heavy atom. The molecule has 0 spiro atoms. The minimum Gasteiger partial charge on any atom is -0.399 e. The minimum atomic E-state index is -3.73. The summed E-state index contributed by atoms with van der Waals surface area (Å²) in [7, 11) is 0.441. The Kier molecular flexibility index (Phi) is 4.22. The van der Waals surface area contributed by atoms with Crippen LogP contribution in [0.4, 0.5) is 11.4 Å². The maximum absolute atomic E-state index is 11.5. The second-order valence-corrected chi connectivity index (χ2v) is 7.05. The van der Waals surface area contributed by atoms with Crippen molar-refractivity contribution < 1.29 is 8.42 Å². The number of nitrogen functional groups attached to an aromatic ring is 1. The molecule has 0 bridgehead atoms. The predicted octanol–water partition coefficient (Wildman–Crippen LogP) is 0.447. The van der Waals surface area contributed by atoms with Crippen molar-refractivity contribution >= 4 is 21.4 Å². The number of nitrogens with zero attached hydrogens (tertiary/aromatic N) is 2. The van der Waals surface area contributed by atoms with Gasteiger partial charge >= 0.3 is 0 Å². The van der Waals surface area contributed by atoms with Gasteiger partial charge in [0.05, 0.1) is 4.90 Å². The molecule has 0 atom stereocenters. The lowest BCUT2D eigenvalue weighted by atomic mass is 10.0. The van der Waals surface area contributed by atoms with Crippen LogP contribution < -0.4 is 15.8 Å². The topological polar surface area (TPSA) is 92.7 Å². The van der Waals surface area contributed by atoms with E-state index in [1.807, 2.05) is 0 Å². The van der Waals surface area contributed by atoms with Crippen LogP contribution in [0, 0.1) is 0 Å². The van der Waals surface area contributed by atoms with Crippen molar-refractivity contribution in [2.24, 2.45) is 5.14 Å². The van der Waals surface area contributed by atoms with E-state index in [4.69, 9.17) is 10.9 Å². The van der Waals surface area contributed by atoms with Gasteiger partial charge < -0.3 is 15.5 Å².